The first-order valence-corrected chi connectivity index (χ1v) is 16.1. The molecule has 2 aliphatic heterocycles. The molecule has 0 radical (unpaired) electrons. The molecule has 234 valence electrons. The number of H-pyrrole nitrogens is 1. The van der Waals surface area contributed by atoms with Crippen molar-refractivity contribution in [3.63, 3.8) is 0 Å². The maximum absolute atomic E-state index is 13.8. The predicted octanol–water partition coefficient (Wildman–Crippen LogP) is 4.21. The summed E-state index contributed by atoms with van der Waals surface area (Å²) in [5.41, 5.74) is 0.336. The number of nitrogens with zero attached hydrogens (tertiary/aromatic N) is 5. The van der Waals surface area contributed by atoms with Crippen molar-refractivity contribution in [3.8, 4) is 22.9 Å². The van der Waals surface area contributed by atoms with Gasteiger partial charge in [0.15, 0.2) is 0 Å². The second kappa shape index (κ2) is 13.0. The fourth-order valence-electron chi connectivity index (χ4n) is 7.04. The lowest BCUT2D eigenvalue weighted by atomic mass is 9.77. The largest absolute Gasteiger partial charge is 0.457 e. The van der Waals surface area contributed by atoms with Crippen LogP contribution >= 0.6 is 0 Å². The van der Waals surface area contributed by atoms with Crippen molar-refractivity contribution in [1.82, 2.24) is 35.7 Å². The lowest BCUT2D eigenvalue weighted by molar-refractivity contribution is -0.163. The van der Waals surface area contributed by atoms with Gasteiger partial charge < -0.3 is 20.1 Å². The van der Waals surface area contributed by atoms with Crippen molar-refractivity contribution >= 4 is 11.8 Å². The molecule has 1 atom stereocenters. The Morgan fingerprint density at radius 3 is 2.27 bits per heavy atom. The number of likely N-dealkylation sites (tertiary alicyclic amines) is 1. The van der Waals surface area contributed by atoms with Gasteiger partial charge in [-0.25, -0.2) is 0 Å². The van der Waals surface area contributed by atoms with Crippen LogP contribution in [0.3, 0.4) is 0 Å². The van der Waals surface area contributed by atoms with Crippen LogP contribution in [0.4, 0.5) is 0 Å². The van der Waals surface area contributed by atoms with Crippen LogP contribution in [-0.4, -0.2) is 84.2 Å². The fraction of sp³-hybridized carbons (Fsp3) is 0.545. The molecule has 0 unspecified atom stereocenters. The van der Waals surface area contributed by atoms with Gasteiger partial charge in [0.05, 0.1) is 5.60 Å². The first-order valence-electron chi connectivity index (χ1n) is 16.1. The third-order valence-corrected chi connectivity index (χ3v) is 9.62. The van der Waals surface area contributed by atoms with Gasteiger partial charge in [-0.15, -0.1) is 10.2 Å². The summed E-state index contributed by atoms with van der Waals surface area (Å²) in [4.78, 5) is 31.8. The molecule has 1 aliphatic carbocycles. The molecule has 3 N–H and O–H groups in total. The quantitative estimate of drug-likeness (QED) is 0.315. The standard InChI is InChI=1S/C33H43N7O4/c1-2-3-19-40-30(41)28(22-32(43)15-5-4-6-16-32)34-31(42)33(40)17-20-39(21-18-33)23-24-7-11-26(12-8-24)44-27-13-9-25(10-14-27)29-35-37-38-36-29/h7-14,28,43H,2-6,15-23H2,1H3,(H,34,42)(H,35,36,37,38)/t28-/m1/s1. The Labute approximate surface area is 258 Å². The van der Waals surface area contributed by atoms with Gasteiger partial charge in [-0.1, -0.05) is 44.7 Å². The van der Waals surface area contributed by atoms with Crippen molar-refractivity contribution < 1.29 is 19.4 Å². The molecule has 11 nitrogen and oxygen atoms in total. The Hall–Kier alpha value is -3.83. The SMILES string of the molecule is CCCCN1C(=O)[C@@H](CC2(O)CCCCC2)NC(=O)C12CCN(Cc1ccc(Oc3ccc(-c4nn[nH]n4)cc3)cc1)CC2. The highest BCUT2D eigenvalue weighted by molar-refractivity contribution is 6.00. The number of hydrogen-bond acceptors (Lipinski definition) is 8. The van der Waals surface area contributed by atoms with Crippen LogP contribution in [0.25, 0.3) is 11.4 Å². The van der Waals surface area contributed by atoms with E-state index in [-0.39, 0.29) is 11.8 Å². The summed E-state index contributed by atoms with van der Waals surface area (Å²) in [6.07, 6.45) is 7.79. The number of amides is 2. The highest BCUT2D eigenvalue weighted by atomic mass is 16.5. The maximum atomic E-state index is 13.8. The third kappa shape index (κ3) is 6.49. The number of ether oxygens (including phenoxy) is 1. The number of piperidine rings is 1. The third-order valence-electron chi connectivity index (χ3n) is 9.62. The summed E-state index contributed by atoms with van der Waals surface area (Å²) >= 11 is 0. The van der Waals surface area contributed by atoms with Gasteiger partial charge in [-0.3, -0.25) is 14.5 Å². The van der Waals surface area contributed by atoms with Crippen molar-refractivity contribution in [2.24, 2.45) is 0 Å². The van der Waals surface area contributed by atoms with Crippen LogP contribution in [0.1, 0.15) is 76.7 Å². The van der Waals surface area contributed by atoms with Gasteiger partial charge in [0, 0.05) is 38.2 Å². The van der Waals surface area contributed by atoms with E-state index in [1.54, 1.807) is 0 Å². The van der Waals surface area contributed by atoms with Crippen molar-refractivity contribution in [2.45, 2.75) is 94.9 Å². The summed E-state index contributed by atoms with van der Waals surface area (Å²) in [5, 5.41) is 28.3. The maximum Gasteiger partial charge on any atom is 0.246 e. The second-order valence-corrected chi connectivity index (χ2v) is 12.7. The van der Waals surface area contributed by atoms with E-state index in [1.807, 2.05) is 41.3 Å². The molecule has 2 amide bonds. The lowest BCUT2D eigenvalue weighted by Gasteiger charge is -2.52. The smallest absolute Gasteiger partial charge is 0.246 e. The summed E-state index contributed by atoms with van der Waals surface area (Å²) in [6.45, 7) is 4.90. The minimum absolute atomic E-state index is 0.0226. The van der Waals surface area contributed by atoms with E-state index in [4.69, 9.17) is 4.74 Å². The molecule has 2 aromatic carbocycles. The number of aromatic amines is 1. The normalized spacial score (nSPS) is 21.8. The van der Waals surface area contributed by atoms with Gasteiger partial charge >= 0.3 is 0 Å². The second-order valence-electron chi connectivity index (χ2n) is 12.7. The number of piperazine rings is 1. The molecule has 6 rings (SSSR count). The Morgan fingerprint density at radius 2 is 1.64 bits per heavy atom. The number of aromatic nitrogens is 4. The molecule has 1 aromatic heterocycles. The van der Waals surface area contributed by atoms with E-state index < -0.39 is 17.2 Å². The Kier molecular flexibility index (Phi) is 8.95. The molecule has 0 bridgehead atoms. The Bertz CT molecular complexity index is 1400. The molecule has 3 fully saturated rings. The Morgan fingerprint density at radius 1 is 0.955 bits per heavy atom. The monoisotopic (exact) mass is 601 g/mol. The van der Waals surface area contributed by atoms with Gasteiger partial charge in [0.2, 0.25) is 17.6 Å². The summed E-state index contributed by atoms with van der Waals surface area (Å²) in [6, 6.07) is 15.0. The molecule has 1 saturated carbocycles. The first-order chi connectivity index (χ1) is 21.4. The number of rotatable bonds is 10. The van der Waals surface area contributed by atoms with Crippen molar-refractivity contribution in [2.75, 3.05) is 19.6 Å². The number of tetrazole rings is 1. The summed E-state index contributed by atoms with van der Waals surface area (Å²) < 4.78 is 6.02. The van der Waals surface area contributed by atoms with Crippen molar-refractivity contribution in [1.29, 1.82) is 0 Å². The fourth-order valence-corrected chi connectivity index (χ4v) is 7.04. The van der Waals surface area contributed by atoms with Gasteiger partial charge in [-0.2, -0.15) is 5.21 Å². The minimum atomic E-state index is -0.864. The number of benzene rings is 2. The van der Waals surface area contributed by atoms with Crippen LogP contribution in [0.5, 0.6) is 11.5 Å². The highest BCUT2D eigenvalue weighted by Crippen LogP contribution is 2.38. The summed E-state index contributed by atoms with van der Waals surface area (Å²) in [5.74, 6) is 1.92. The number of carbonyl (C=O) groups excluding carboxylic acids is 2. The van der Waals surface area contributed by atoms with Crippen LogP contribution in [0.15, 0.2) is 48.5 Å². The summed E-state index contributed by atoms with van der Waals surface area (Å²) in [7, 11) is 0. The molecule has 3 aromatic rings. The van der Waals surface area contributed by atoms with Crippen LogP contribution in [0, 0.1) is 0 Å². The molecule has 3 aliphatic rings. The minimum Gasteiger partial charge on any atom is -0.457 e. The van der Waals surface area contributed by atoms with E-state index >= 15 is 0 Å². The zero-order valence-electron chi connectivity index (χ0n) is 25.5. The van der Waals surface area contributed by atoms with E-state index in [2.05, 4.69) is 49.9 Å². The number of unbranched alkanes of at least 4 members (excludes halogenated alkanes) is 1. The van der Waals surface area contributed by atoms with Crippen LogP contribution in [0.2, 0.25) is 0 Å². The lowest BCUT2D eigenvalue weighted by Crippen LogP contribution is -2.73. The zero-order chi connectivity index (χ0) is 30.6. The average Bonchev–Trinajstić information content (AvgIpc) is 3.58. The van der Waals surface area contributed by atoms with Gasteiger partial charge in [-0.05, 0) is 79.3 Å². The van der Waals surface area contributed by atoms with E-state index in [1.165, 1.54) is 0 Å². The molecular weight excluding hydrogens is 558 g/mol. The number of nitrogens with one attached hydrogen (secondary N) is 2. The number of hydrogen-bond donors (Lipinski definition) is 3. The molecule has 1 spiro atoms. The Balaban J connectivity index is 1.05. The van der Waals surface area contributed by atoms with Gasteiger partial charge in [0.25, 0.3) is 0 Å². The van der Waals surface area contributed by atoms with E-state index in [0.717, 1.165) is 74.4 Å². The number of aliphatic hydroxyl groups is 1. The molecule has 11 heteroatoms. The van der Waals surface area contributed by atoms with Crippen LogP contribution < -0.4 is 10.1 Å². The van der Waals surface area contributed by atoms with Gasteiger partial charge in [0.1, 0.15) is 23.1 Å². The number of carbonyl (C=O) groups is 2. The molecule has 2 saturated heterocycles. The molecular formula is C33H43N7O4. The average molecular weight is 602 g/mol. The predicted molar refractivity (Wildman–Crippen MR) is 165 cm³/mol. The zero-order valence-corrected chi connectivity index (χ0v) is 25.5. The van der Waals surface area contributed by atoms with E-state index in [9.17, 15) is 14.7 Å². The van der Waals surface area contributed by atoms with Crippen LogP contribution in [-0.2, 0) is 16.1 Å². The topological polar surface area (TPSA) is 137 Å². The first kappa shape index (κ1) is 30.2. The van der Waals surface area contributed by atoms with Crippen molar-refractivity contribution in [3.05, 3.63) is 54.1 Å². The molecule has 44 heavy (non-hydrogen) atoms. The highest BCUT2D eigenvalue weighted by Gasteiger charge is 2.54. The van der Waals surface area contributed by atoms with E-state index in [0.29, 0.717) is 44.5 Å². The molecule has 3 heterocycles.